The second-order valence-electron chi connectivity index (χ2n) is 6.19. The van der Waals surface area contributed by atoms with Crippen LogP contribution in [0.5, 0.6) is 0 Å². The lowest BCUT2D eigenvalue weighted by atomic mass is 9.98. The van der Waals surface area contributed by atoms with E-state index in [-0.39, 0.29) is 23.9 Å². The van der Waals surface area contributed by atoms with Crippen molar-refractivity contribution in [3.63, 3.8) is 0 Å². The Morgan fingerprint density at radius 2 is 1.59 bits per heavy atom. The van der Waals surface area contributed by atoms with Gasteiger partial charge in [-0.1, -0.05) is 48.5 Å². The van der Waals surface area contributed by atoms with Crippen LogP contribution < -0.4 is 5.32 Å². The molecule has 1 aromatic heterocycles. The predicted molar refractivity (Wildman–Crippen MR) is 99.9 cm³/mol. The molecule has 1 amide bonds. The topological polar surface area (TPSA) is 88.5 Å². The summed E-state index contributed by atoms with van der Waals surface area (Å²) < 4.78 is 5.41. The van der Waals surface area contributed by atoms with E-state index < -0.39 is 12.1 Å². The van der Waals surface area contributed by atoms with Crippen molar-refractivity contribution in [3.05, 3.63) is 83.6 Å². The summed E-state index contributed by atoms with van der Waals surface area (Å²) in [6.45, 7) is 0.201. The molecule has 2 aromatic carbocycles. The third-order valence-corrected chi connectivity index (χ3v) is 4.58. The zero-order chi connectivity index (χ0) is 18.8. The molecule has 0 bridgehead atoms. The van der Waals surface area contributed by atoms with Crippen LogP contribution >= 0.6 is 0 Å². The molecule has 1 heterocycles. The molecule has 0 aliphatic heterocycles. The van der Waals surface area contributed by atoms with Crippen molar-refractivity contribution in [3.8, 4) is 11.1 Å². The molecular weight excluding hydrogens is 344 g/mol. The van der Waals surface area contributed by atoms with Crippen LogP contribution in [0.2, 0.25) is 0 Å². The second-order valence-corrected chi connectivity index (χ2v) is 6.19. The molecule has 4 rings (SSSR count). The molecule has 6 nitrogen and oxygen atoms in total. The van der Waals surface area contributed by atoms with E-state index in [9.17, 15) is 9.59 Å². The van der Waals surface area contributed by atoms with Gasteiger partial charge in [0.2, 0.25) is 0 Å². The first kappa shape index (κ1) is 16.8. The highest BCUT2D eigenvalue weighted by molar-refractivity contribution is 5.88. The number of nitrogens with zero attached hydrogens (tertiary/aromatic N) is 1. The number of ether oxygens (including phenoxy) is 1. The van der Waals surface area contributed by atoms with E-state index in [1.54, 1.807) is 0 Å². The average Bonchev–Trinajstić information content (AvgIpc) is 3.01. The minimum absolute atomic E-state index is 0.0227. The number of carbonyl (C=O) groups excluding carboxylic acids is 1. The van der Waals surface area contributed by atoms with Gasteiger partial charge in [0.25, 0.3) is 0 Å². The number of rotatable bonds is 4. The molecule has 6 heteroatoms. The maximum absolute atomic E-state index is 12.1. The van der Waals surface area contributed by atoms with Gasteiger partial charge >= 0.3 is 12.1 Å². The fourth-order valence-corrected chi connectivity index (χ4v) is 3.33. The molecular formula is C21H16N2O4. The van der Waals surface area contributed by atoms with Crippen molar-refractivity contribution in [1.29, 1.82) is 0 Å². The molecule has 0 saturated carbocycles. The van der Waals surface area contributed by atoms with Crippen LogP contribution in [0.15, 0.2) is 66.9 Å². The molecule has 1 aliphatic carbocycles. The first-order chi connectivity index (χ1) is 13.1. The maximum atomic E-state index is 12.1. The molecule has 0 atom stereocenters. The predicted octanol–water partition coefficient (Wildman–Crippen LogP) is 4.14. The lowest BCUT2D eigenvalue weighted by Gasteiger charge is -2.14. The van der Waals surface area contributed by atoms with E-state index in [0.717, 1.165) is 22.3 Å². The number of hydrogen-bond donors (Lipinski definition) is 2. The minimum atomic E-state index is -1.07. The van der Waals surface area contributed by atoms with Crippen LogP contribution in [0.3, 0.4) is 0 Å². The Kier molecular flexibility index (Phi) is 4.30. The van der Waals surface area contributed by atoms with Crippen LogP contribution in [0.4, 0.5) is 10.6 Å². The fraction of sp³-hybridized carbons (Fsp3) is 0.0952. The quantitative estimate of drug-likeness (QED) is 0.730. The number of amides is 1. The van der Waals surface area contributed by atoms with Gasteiger partial charge in [-0.3, -0.25) is 5.32 Å². The third-order valence-electron chi connectivity index (χ3n) is 4.58. The summed E-state index contributed by atoms with van der Waals surface area (Å²) in [6.07, 6.45) is 0.550. The van der Waals surface area contributed by atoms with Gasteiger partial charge in [-0.15, -0.1) is 0 Å². The van der Waals surface area contributed by atoms with Crippen molar-refractivity contribution in [1.82, 2.24) is 4.98 Å². The Labute approximate surface area is 155 Å². The van der Waals surface area contributed by atoms with E-state index in [0.29, 0.717) is 0 Å². The largest absolute Gasteiger partial charge is 0.478 e. The molecule has 0 radical (unpaired) electrons. The monoisotopic (exact) mass is 360 g/mol. The van der Waals surface area contributed by atoms with Crippen molar-refractivity contribution in [2.45, 2.75) is 5.92 Å². The molecule has 1 aliphatic rings. The molecule has 27 heavy (non-hydrogen) atoms. The summed E-state index contributed by atoms with van der Waals surface area (Å²) in [6, 6.07) is 19.0. The van der Waals surface area contributed by atoms with Crippen LogP contribution in [0.25, 0.3) is 11.1 Å². The molecule has 0 saturated heterocycles. The standard InChI is InChI=1S/C21H16N2O4/c24-20(25)13-9-10-19(22-11-13)23-21(26)27-12-18-16-7-3-1-5-14(16)15-6-2-4-8-17(15)18/h1-11,18H,12H2,(H,24,25)(H,22,23,26). The zero-order valence-corrected chi connectivity index (χ0v) is 14.3. The van der Waals surface area contributed by atoms with Crippen molar-refractivity contribution in [2.75, 3.05) is 11.9 Å². The van der Waals surface area contributed by atoms with Crippen LogP contribution in [-0.2, 0) is 4.74 Å². The summed E-state index contributed by atoms with van der Waals surface area (Å²) >= 11 is 0. The summed E-state index contributed by atoms with van der Waals surface area (Å²) in [4.78, 5) is 26.9. The number of benzene rings is 2. The first-order valence-electron chi connectivity index (χ1n) is 8.45. The number of fused-ring (bicyclic) bond motifs is 3. The van der Waals surface area contributed by atoms with Gasteiger partial charge in [-0.2, -0.15) is 0 Å². The number of hydrogen-bond acceptors (Lipinski definition) is 4. The van der Waals surface area contributed by atoms with Gasteiger partial charge in [0.05, 0.1) is 5.56 Å². The number of anilines is 1. The van der Waals surface area contributed by atoms with E-state index >= 15 is 0 Å². The molecule has 3 aromatic rings. The Morgan fingerprint density at radius 3 is 2.15 bits per heavy atom. The molecule has 2 N–H and O–H groups in total. The van der Waals surface area contributed by atoms with Crippen LogP contribution in [0.1, 0.15) is 27.4 Å². The number of aromatic carboxylic acids is 1. The summed E-state index contributed by atoms with van der Waals surface area (Å²) in [5.41, 5.74) is 4.64. The van der Waals surface area contributed by atoms with E-state index in [4.69, 9.17) is 9.84 Å². The highest BCUT2D eigenvalue weighted by Crippen LogP contribution is 2.44. The Morgan fingerprint density at radius 1 is 0.963 bits per heavy atom. The smallest absolute Gasteiger partial charge is 0.412 e. The fourth-order valence-electron chi connectivity index (χ4n) is 3.33. The normalized spacial score (nSPS) is 12.1. The number of aromatic nitrogens is 1. The van der Waals surface area contributed by atoms with Gasteiger partial charge in [0.1, 0.15) is 12.4 Å². The average molecular weight is 360 g/mol. The highest BCUT2D eigenvalue weighted by atomic mass is 16.5. The molecule has 0 unspecified atom stereocenters. The SMILES string of the molecule is O=C(Nc1ccc(C(=O)O)cn1)OCC1c2ccccc2-c2ccccc21. The van der Waals surface area contributed by atoms with Gasteiger partial charge in [0, 0.05) is 12.1 Å². The van der Waals surface area contributed by atoms with E-state index in [2.05, 4.69) is 22.4 Å². The van der Waals surface area contributed by atoms with Gasteiger partial charge in [-0.25, -0.2) is 14.6 Å². The van der Waals surface area contributed by atoms with Crippen molar-refractivity contribution in [2.24, 2.45) is 0 Å². The highest BCUT2D eigenvalue weighted by Gasteiger charge is 2.29. The summed E-state index contributed by atoms with van der Waals surface area (Å²) in [5, 5.41) is 11.4. The van der Waals surface area contributed by atoms with Crippen molar-refractivity contribution < 1.29 is 19.4 Å². The number of pyridine rings is 1. The van der Waals surface area contributed by atoms with Crippen LogP contribution in [-0.4, -0.2) is 28.8 Å². The Hall–Kier alpha value is -3.67. The number of nitrogens with one attached hydrogen (secondary N) is 1. The second kappa shape index (κ2) is 6.92. The lowest BCUT2D eigenvalue weighted by Crippen LogP contribution is -2.18. The molecule has 0 spiro atoms. The van der Waals surface area contributed by atoms with Gasteiger partial charge < -0.3 is 9.84 Å². The van der Waals surface area contributed by atoms with E-state index in [1.807, 2.05) is 36.4 Å². The first-order valence-corrected chi connectivity index (χ1v) is 8.45. The number of carboxylic acids is 1. The Balaban J connectivity index is 1.45. The zero-order valence-electron chi connectivity index (χ0n) is 14.3. The van der Waals surface area contributed by atoms with Gasteiger partial charge in [0.15, 0.2) is 0 Å². The van der Waals surface area contributed by atoms with E-state index in [1.165, 1.54) is 18.3 Å². The summed E-state index contributed by atoms with van der Waals surface area (Å²) in [5.74, 6) is -0.863. The van der Waals surface area contributed by atoms with Gasteiger partial charge in [-0.05, 0) is 34.4 Å². The number of carbonyl (C=O) groups is 2. The maximum Gasteiger partial charge on any atom is 0.412 e. The minimum Gasteiger partial charge on any atom is -0.478 e. The Bertz CT molecular complexity index is 969. The lowest BCUT2D eigenvalue weighted by molar-refractivity contribution is 0.0696. The molecule has 0 fully saturated rings. The summed E-state index contributed by atoms with van der Waals surface area (Å²) in [7, 11) is 0. The van der Waals surface area contributed by atoms with Crippen LogP contribution in [0, 0.1) is 0 Å². The number of carboxylic acid groups (broad SMARTS) is 1. The van der Waals surface area contributed by atoms with Crippen molar-refractivity contribution >= 4 is 17.9 Å². The molecule has 134 valence electrons. The third kappa shape index (κ3) is 3.25.